The van der Waals surface area contributed by atoms with Gasteiger partial charge in [-0.25, -0.2) is 4.79 Å². The van der Waals surface area contributed by atoms with E-state index in [2.05, 4.69) is 0 Å². The second-order valence-corrected chi connectivity index (χ2v) is 10.4. The van der Waals surface area contributed by atoms with E-state index < -0.39 is 24.4 Å². The molecule has 7 nitrogen and oxygen atoms in total. The molecule has 0 aliphatic carbocycles. The highest BCUT2D eigenvalue weighted by Gasteiger charge is 2.51. The third-order valence-electron chi connectivity index (χ3n) is 7.39. The van der Waals surface area contributed by atoms with Crippen LogP contribution in [-0.2, 0) is 16.4 Å². The van der Waals surface area contributed by atoms with E-state index in [9.17, 15) is 14.7 Å². The van der Waals surface area contributed by atoms with Gasteiger partial charge >= 0.3 is 13.2 Å². The summed E-state index contributed by atoms with van der Waals surface area (Å²) < 4.78 is 13.8. The Balaban J connectivity index is 1.68. The molecular weight excluding hydrogens is 443 g/mol. The molecule has 0 spiro atoms. The van der Waals surface area contributed by atoms with E-state index in [1.54, 1.807) is 19.3 Å². The second kappa shape index (κ2) is 8.49. The summed E-state index contributed by atoms with van der Waals surface area (Å²) in [6.45, 7) is 8.72. The molecule has 9 heteroatoms. The number of amides is 1. The standard InChI is InChI=1S/C24H30BClN2O5/c1-23(2)24(3,4)33-25(32-23)16-6-7-18(20(26)13-16)19-14-28(22(30)31)11-9-17(19)15-8-10-27(5)21(29)12-15/h6-8,10,12-13,17,19H,9,11,14H2,1-5H3,(H,30,31). The second-order valence-electron chi connectivity index (χ2n) is 10.0. The van der Waals surface area contributed by atoms with Gasteiger partial charge in [0.2, 0.25) is 0 Å². The van der Waals surface area contributed by atoms with E-state index in [1.807, 2.05) is 52.0 Å². The average molecular weight is 473 g/mol. The molecule has 4 rings (SSSR count). The molecule has 2 unspecified atom stereocenters. The van der Waals surface area contributed by atoms with Crippen LogP contribution in [0.4, 0.5) is 4.79 Å². The van der Waals surface area contributed by atoms with Gasteiger partial charge in [-0.2, -0.15) is 0 Å². The van der Waals surface area contributed by atoms with Crippen LogP contribution in [-0.4, -0.2) is 52.1 Å². The molecule has 1 aromatic heterocycles. The van der Waals surface area contributed by atoms with Gasteiger partial charge in [-0.3, -0.25) is 4.79 Å². The molecule has 2 aliphatic rings. The largest absolute Gasteiger partial charge is 0.494 e. The van der Waals surface area contributed by atoms with Crippen LogP contribution in [0.2, 0.25) is 5.02 Å². The third kappa shape index (κ3) is 4.44. The summed E-state index contributed by atoms with van der Waals surface area (Å²) in [4.78, 5) is 25.4. The molecule has 1 amide bonds. The number of nitrogens with zero attached hydrogens (tertiary/aromatic N) is 2. The number of pyridine rings is 1. The van der Waals surface area contributed by atoms with Gasteiger partial charge < -0.3 is 23.9 Å². The molecule has 33 heavy (non-hydrogen) atoms. The minimum Gasteiger partial charge on any atom is -0.465 e. The number of benzene rings is 1. The van der Waals surface area contributed by atoms with E-state index in [-0.39, 0.29) is 17.4 Å². The average Bonchev–Trinajstić information content (AvgIpc) is 2.96. The molecule has 0 bridgehead atoms. The summed E-state index contributed by atoms with van der Waals surface area (Å²) in [5.74, 6) is -0.198. The molecule has 1 N–H and O–H groups in total. The molecule has 3 heterocycles. The number of hydrogen-bond acceptors (Lipinski definition) is 4. The normalized spacial score (nSPS) is 24.2. The predicted molar refractivity (Wildman–Crippen MR) is 129 cm³/mol. The number of carboxylic acid groups (broad SMARTS) is 1. The number of aromatic nitrogens is 1. The molecular formula is C24H30BClN2O5. The van der Waals surface area contributed by atoms with Crippen molar-refractivity contribution in [3.8, 4) is 0 Å². The fraction of sp³-hybridized carbons (Fsp3) is 0.500. The lowest BCUT2D eigenvalue weighted by Crippen LogP contribution is -2.42. The maximum atomic E-state index is 12.3. The van der Waals surface area contributed by atoms with Crippen molar-refractivity contribution >= 4 is 30.3 Å². The summed E-state index contributed by atoms with van der Waals surface area (Å²) in [6.07, 6.45) is 1.41. The van der Waals surface area contributed by atoms with E-state index in [4.69, 9.17) is 20.9 Å². The Hall–Kier alpha value is -2.29. The number of rotatable bonds is 3. The molecule has 0 saturated carbocycles. The molecule has 0 radical (unpaired) electrons. The summed E-state index contributed by atoms with van der Waals surface area (Å²) in [5, 5.41) is 10.1. The lowest BCUT2D eigenvalue weighted by atomic mass is 9.74. The number of hydrogen-bond donors (Lipinski definition) is 1. The molecule has 2 atom stereocenters. The fourth-order valence-electron chi connectivity index (χ4n) is 4.60. The highest BCUT2D eigenvalue weighted by molar-refractivity contribution is 6.62. The number of carbonyl (C=O) groups is 1. The van der Waals surface area contributed by atoms with Crippen molar-refractivity contribution in [1.29, 1.82) is 0 Å². The first-order valence-electron chi connectivity index (χ1n) is 11.2. The Morgan fingerprint density at radius 1 is 1.12 bits per heavy atom. The predicted octanol–water partition coefficient (Wildman–Crippen LogP) is 3.59. The first-order chi connectivity index (χ1) is 15.4. The zero-order chi connectivity index (χ0) is 24.1. The zero-order valence-corrected chi connectivity index (χ0v) is 20.4. The summed E-state index contributed by atoms with van der Waals surface area (Å²) in [6, 6.07) is 9.29. The van der Waals surface area contributed by atoms with Crippen molar-refractivity contribution in [2.75, 3.05) is 13.1 Å². The van der Waals surface area contributed by atoms with Crippen molar-refractivity contribution in [2.24, 2.45) is 7.05 Å². The Labute approximate surface area is 199 Å². The van der Waals surface area contributed by atoms with Gasteiger partial charge in [0, 0.05) is 43.3 Å². The Kier molecular flexibility index (Phi) is 6.14. The van der Waals surface area contributed by atoms with Gasteiger partial charge in [-0.1, -0.05) is 23.7 Å². The van der Waals surface area contributed by atoms with Crippen molar-refractivity contribution < 1.29 is 19.2 Å². The van der Waals surface area contributed by atoms with Gasteiger partial charge in [0.05, 0.1) is 11.2 Å². The van der Waals surface area contributed by atoms with Crippen molar-refractivity contribution in [2.45, 2.75) is 57.2 Å². The first kappa shape index (κ1) is 23.9. The quantitative estimate of drug-likeness (QED) is 0.691. The van der Waals surface area contributed by atoms with Crippen molar-refractivity contribution in [3.63, 3.8) is 0 Å². The third-order valence-corrected chi connectivity index (χ3v) is 7.72. The van der Waals surface area contributed by atoms with Crippen LogP contribution >= 0.6 is 11.6 Å². The summed E-state index contributed by atoms with van der Waals surface area (Å²) in [7, 11) is 1.18. The SMILES string of the molecule is Cn1ccc(C2CCN(C(=O)O)CC2c2ccc(B3OC(C)(C)C(C)(C)O3)cc2Cl)cc1=O. The monoisotopic (exact) mass is 472 g/mol. The molecule has 2 aromatic rings. The molecule has 2 fully saturated rings. The van der Waals surface area contributed by atoms with Gasteiger partial charge in [0.25, 0.3) is 5.56 Å². The molecule has 1 aromatic carbocycles. The number of halogens is 1. The van der Waals surface area contributed by atoms with Crippen LogP contribution in [0, 0.1) is 0 Å². The zero-order valence-electron chi connectivity index (χ0n) is 19.7. The molecule has 2 aliphatic heterocycles. The minimum atomic E-state index is -0.951. The van der Waals surface area contributed by atoms with E-state index in [1.165, 1.54) is 9.47 Å². The van der Waals surface area contributed by atoms with E-state index in [0.29, 0.717) is 24.5 Å². The topological polar surface area (TPSA) is 81.0 Å². The summed E-state index contributed by atoms with van der Waals surface area (Å²) in [5.41, 5.74) is 1.57. The van der Waals surface area contributed by atoms with Crippen LogP contribution in [0.5, 0.6) is 0 Å². The van der Waals surface area contributed by atoms with E-state index >= 15 is 0 Å². The number of piperidine rings is 1. The first-order valence-corrected chi connectivity index (χ1v) is 11.6. The fourth-order valence-corrected chi connectivity index (χ4v) is 4.93. The maximum Gasteiger partial charge on any atom is 0.494 e. The van der Waals surface area contributed by atoms with Crippen LogP contribution < -0.4 is 11.0 Å². The Bertz CT molecular complexity index is 1120. The minimum absolute atomic E-state index is 0.0188. The lowest BCUT2D eigenvalue weighted by Gasteiger charge is -2.38. The Morgan fingerprint density at radius 3 is 2.36 bits per heavy atom. The van der Waals surface area contributed by atoms with Crippen molar-refractivity contribution in [3.05, 3.63) is 63.0 Å². The van der Waals surface area contributed by atoms with Crippen LogP contribution in [0.3, 0.4) is 0 Å². The van der Waals surface area contributed by atoms with Crippen molar-refractivity contribution in [1.82, 2.24) is 9.47 Å². The van der Waals surface area contributed by atoms with Crippen LogP contribution in [0.25, 0.3) is 0 Å². The molecule has 2 saturated heterocycles. The Morgan fingerprint density at radius 2 is 1.79 bits per heavy atom. The van der Waals surface area contributed by atoms with Gasteiger partial charge in [-0.15, -0.1) is 0 Å². The smallest absolute Gasteiger partial charge is 0.465 e. The van der Waals surface area contributed by atoms with E-state index in [0.717, 1.165) is 16.6 Å². The highest BCUT2D eigenvalue weighted by atomic mass is 35.5. The van der Waals surface area contributed by atoms with Gasteiger partial charge in [0.15, 0.2) is 0 Å². The number of likely N-dealkylation sites (tertiary alicyclic amines) is 1. The highest BCUT2D eigenvalue weighted by Crippen LogP contribution is 2.42. The molecule has 176 valence electrons. The number of aryl methyl sites for hydroxylation is 1. The van der Waals surface area contributed by atoms with Crippen LogP contribution in [0.1, 0.15) is 57.1 Å². The van der Waals surface area contributed by atoms with Crippen LogP contribution in [0.15, 0.2) is 41.3 Å². The summed E-state index contributed by atoms with van der Waals surface area (Å²) >= 11 is 6.78. The van der Waals surface area contributed by atoms with Gasteiger partial charge in [0.1, 0.15) is 0 Å². The van der Waals surface area contributed by atoms with Gasteiger partial charge in [-0.05, 0) is 68.8 Å². The lowest BCUT2D eigenvalue weighted by molar-refractivity contribution is 0.00578. The maximum absolute atomic E-state index is 12.3.